The minimum Gasteiger partial charge on any atom is -0.497 e. The quantitative estimate of drug-likeness (QED) is 0.526. The van der Waals surface area contributed by atoms with Gasteiger partial charge in [-0.05, 0) is 35.7 Å². The molecule has 3 aromatic carbocycles. The fourth-order valence-corrected chi connectivity index (χ4v) is 3.23. The predicted molar refractivity (Wildman–Crippen MR) is 108 cm³/mol. The number of methoxy groups -OCH3 is 2. The number of hydrogen-bond acceptors (Lipinski definition) is 3. The van der Waals surface area contributed by atoms with Gasteiger partial charge in [0.2, 0.25) is 0 Å². The molecular formula is C24H26O3. The largest absolute Gasteiger partial charge is 0.497 e. The number of ether oxygens (including phenoxy) is 3. The molecule has 0 amide bonds. The van der Waals surface area contributed by atoms with Crippen molar-refractivity contribution >= 4 is 0 Å². The smallest absolute Gasteiger partial charge is 0.143 e. The molecule has 27 heavy (non-hydrogen) atoms. The Balaban J connectivity index is 2.20. The summed E-state index contributed by atoms with van der Waals surface area (Å²) in [7, 11) is 3.38. The molecule has 0 N–H and O–H groups in total. The number of rotatable bonds is 8. The van der Waals surface area contributed by atoms with E-state index >= 15 is 0 Å². The molecule has 3 aromatic rings. The van der Waals surface area contributed by atoms with Crippen molar-refractivity contribution in [3.8, 4) is 5.75 Å². The van der Waals surface area contributed by atoms with Crippen molar-refractivity contribution in [3.63, 3.8) is 0 Å². The van der Waals surface area contributed by atoms with Crippen LogP contribution in [0, 0.1) is 0 Å². The lowest BCUT2D eigenvalue weighted by molar-refractivity contribution is -0.0453. The van der Waals surface area contributed by atoms with E-state index in [2.05, 4.69) is 36.4 Å². The van der Waals surface area contributed by atoms with Crippen molar-refractivity contribution < 1.29 is 14.2 Å². The van der Waals surface area contributed by atoms with Gasteiger partial charge in [-0.25, -0.2) is 0 Å². The van der Waals surface area contributed by atoms with Crippen LogP contribution in [-0.2, 0) is 15.1 Å². The fourth-order valence-electron chi connectivity index (χ4n) is 3.23. The van der Waals surface area contributed by atoms with Crippen molar-refractivity contribution in [2.45, 2.75) is 18.6 Å². The highest BCUT2D eigenvalue weighted by molar-refractivity contribution is 5.48. The molecule has 0 aliphatic carbocycles. The lowest BCUT2D eigenvalue weighted by Gasteiger charge is -2.36. The maximum atomic E-state index is 6.65. The maximum absolute atomic E-state index is 6.65. The van der Waals surface area contributed by atoms with Crippen molar-refractivity contribution in [2.24, 2.45) is 0 Å². The molecule has 0 heterocycles. The highest BCUT2D eigenvalue weighted by Crippen LogP contribution is 2.41. The monoisotopic (exact) mass is 362 g/mol. The molecule has 0 aliphatic heterocycles. The van der Waals surface area contributed by atoms with Gasteiger partial charge in [0.15, 0.2) is 0 Å². The third kappa shape index (κ3) is 4.05. The summed E-state index contributed by atoms with van der Waals surface area (Å²) in [5, 5.41) is 0. The molecule has 0 saturated heterocycles. The second kappa shape index (κ2) is 8.85. The Labute approximate surface area is 161 Å². The van der Waals surface area contributed by atoms with Gasteiger partial charge in [0, 0.05) is 7.11 Å². The van der Waals surface area contributed by atoms with Gasteiger partial charge < -0.3 is 14.2 Å². The molecule has 0 aliphatic rings. The molecule has 1 atom stereocenters. The van der Waals surface area contributed by atoms with Crippen molar-refractivity contribution in [2.75, 3.05) is 20.8 Å². The summed E-state index contributed by atoms with van der Waals surface area (Å²) in [6, 6.07) is 28.7. The Morgan fingerprint density at radius 2 is 1.19 bits per heavy atom. The van der Waals surface area contributed by atoms with E-state index in [1.165, 1.54) is 0 Å². The van der Waals surface area contributed by atoms with Gasteiger partial charge in [0.05, 0.1) is 19.8 Å². The molecule has 3 nitrogen and oxygen atoms in total. The Morgan fingerprint density at radius 3 is 1.63 bits per heavy atom. The fraction of sp³-hybridized carbons (Fsp3) is 0.250. The normalized spacial score (nSPS) is 12.6. The van der Waals surface area contributed by atoms with Crippen molar-refractivity contribution in [1.29, 1.82) is 0 Å². The van der Waals surface area contributed by atoms with Crippen LogP contribution in [0.15, 0.2) is 84.9 Å². The third-order valence-electron chi connectivity index (χ3n) is 4.79. The maximum Gasteiger partial charge on any atom is 0.143 e. The van der Waals surface area contributed by atoms with Crippen LogP contribution >= 0.6 is 0 Å². The standard InChI is InChI=1S/C24H26O3/c1-19(25-2)18-27-24(20-10-6-4-7-11-20,21-12-8-5-9-13-21)22-14-16-23(26-3)17-15-22/h4-17,19H,18H2,1-3H3/t19-/m1/s1. The zero-order valence-corrected chi connectivity index (χ0v) is 16.1. The molecule has 3 heteroatoms. The van der Waals surface area contributed by atoms with Crippen molar-refractivity contribution in [3.05, 3.63) is 102 Å². The molecule has 0 fully saturated rings. The minimum absolute atomic E-state index is 0.0185. The Kier molecular flexibility index (Phi) is 6.28. The molecule has 0 bridgehead atoms. The Bertz CT molecular complexity index is 774. The highest BCUT2D eigenvalue weighted by Gasteiger charge is 2.38. The molecule has 0 spiro atoms. The highest BCUT2D eigenvalue weighted by atomic mass is 16.5. The second-order valence-corrected chi connectivity index (χ2v) is 6.50. The first kappa shape index (κ1) is 19.2. The lowest BCUT2D eigenvalue weighted by atomic mass is 9.80. The summed E-state index contributed by atoms with van der Waals surface area (Å²) in [6.45, 7) is 2.47. The van der Waals surface area contributed by atoms with E-state index in [0.29, 0.717) is 6.61 Å². The summed E-state index contributed by atoms with van der Waals surface area (Å²) in [5.41, 5.74) is 2.46. The minimum atomic E-state index is -0.735. The van der Waals surface area contributed by atoms with Crippen LogP contribution in [0.2, 0.25) is 0 Å². The van der Waals surface area contributed by atoms with E-state index in [1.807, 2.05) is 55.5 Å². The lowest BCUT2D eigenvalue weighted by Crippen LogP contribution is -2.35. The SMILES string of the molecule is COc1ccc(C(OC[C@@H](C)OC)(c2ccccc2)c2ccccc2)cc1. The van der Waals surface area contributed by atoms with Crippen LogP contribution in [0.5, 0.6) is 5.75 Å². The summed E-state index contributed by atoms with van der Waals surface area (Å²) in [6.07, 6.45) is -0.0185. The van der Waals surface area contributed by atoms with Gasteiger partial charge in [0.1, 0.15) is 11.4 Å². The van der Waals surface area contributed by atoms with Crippen LogP contribution in [0.4, 0.5) is 0 Å². The van der Waals surface area contributed by atoms with Gasteiger partial charge in [-0.2, -0.15) is 0 Å². The average Bonchev–Trinajstić information content (AvgIpc) is 2.76. The van der Waals surface area contributed by atoms with Crippen LogP contribution in [0.25, 0.3) is 0 Å². The summed E-state index contributed by atoms with van der Waals surface area (Å²) in [5.74, 6) is 0.819. The third-order valence-corrected chi connectivity index (χ3v) is 4.79. The number of benzene rings is 3. The molecule has 0 radical (unpaired) electrons. The first-order valence-electron chi connectivity index (χ1n) is 9.13. The van der Waals surface area contributed by atoms with Gasteiger partial charge >= 0.3 is 0 Å². The molecule has 140 valence electrons. The first-order chi connectivity index (χ1) is 13.2. The Hall–Kier alpha value is -2.62. The Morgan fingerprint density at radius 1 is 0.704 bits per heavy atom. The van der Waals surface area contributed by atoms with E-state index in [-0.39, 0.29) is 6.10 Å². The van der Waals surface area contributed by atoms with E-state index in [0.717, 1.165) is 22.4 Å². The molecule has 0 saturated carbocycles. The van der Waals surface area contributed by atoms with Crippen LogP contribution < -0.4 is 4.74 Å². The number of hydrogen-bond donors (Lipinski definition) is 0. The van der Waals surface area contributed by atoms with Crippen LogP contribution in [-0.4, -0.2) is 26.9 Å². The van der Waals surface area contributed by atoms with Gasteiger partial charge in [0.25, 0.3) is 0 Å². The van der Waals surface area contributed by atoms with Crippen LogP contribution in [0.1, 0.15) is 23.6 Å². The topological polar surface area (TPSA) is 27.7 Å². The van der Waals surface area contributed by atoms with Gasteiger partial charge in [-0.1, -0.05) is 72.8 Å². The summed E-state index contributed by atoms with van der Waals surface area (Å²) >= 11 is 0. The van der Waals surface area contributed by atoms with E-state index in [9.17, 15) is 0 Å². The zero-order chi connectivity index (χ0) is 19.1. The van der Waals surface area contributed by atoms with E-state index in [1.54, 1.807) is 14.2 Å². The summed E-state index contributed by atoms with van der Waals surface area (Å²) < 4.78 is 17.4. The molecule has 0 aromatic heterocycles. The van der Waals surface area contributed by atoms with E-state index in [4.69, 9.17) is 14.2 Å². The predicted octanol–water partition coefficient (Wildman–Crippen LogP) is 5.04. The van der Waals surface area contributed by atoms with Crippen molar-refractivity contribution in [1.82, 2.24) is 0 Å². The van der Waals surface area contributed by atoms with Gasteiger partial charge in [-0.15, -0.1) is 0 Å². The molecule has 3 rings (SSSR count). The van der Waals surface area contributed by atoms with Crippen LogP contribution in [0.3, 0.4) is 0 Å². The first-order valence-corrected chi connectivity index (χ1v) is 9.13. The second-order valence-electron chi connectivity index (χ2n) is 6.50. The molecular weight excluding hydrogens is 336 g/mol. The van der Waals surface area contributed by atoms with E-state index < -0.39 is 5.60 Å². The molecule has 0 unspecified atom stereocenters. The summed E-state index contributed by atoms with van der Waals surface area (Å²) in [4.78, 5) is 0. The zero-order valence-electron chi connectivity index (χ0n) is 16.1. The average molecular weight is 362 g/mol. The van der Waals surface area contributed by atoms with Gasteiger partial charge in [-0.3, -0.25) is 0 Å².